The van der Waals surface area contributed by atoms with Crippen molar-refractivity contribution in [2.45, 2.75) is 19.1 Å². The first-order valence-corrected chi connectivity index (χ1v) is 7.98. The molecule has 0 unspecified atom stereocenters. The van der Waals surface area contributed by atoms with Gasteiger partial charge in [-0.05, 0) is 23.3 Å². The summed E-state index contributed by atoms with van der Waals surface area (Å²) in [6.07, 6.45) is 3.09. The third-order valence-corrected chi connectivity index (χ3v) is 5.54. The molecule has 88 valence electrons. The normalized spacial score (nSPS) is 11.3. The maximum absolute atomic E-state index is 5.33. The molecule has 3 heteroatoms. The van der Waals surface area contributed by atoms with Crippen LogP contribution in [-0.2, 0) is 5.75 Å². The SMILES string of the molecule is C=Cc1ccc(CSC(=S)[SH2]CCC)cc1. The van der Waals surface area contributed by atoms with Gasteiger partial charge in [-0.15, -0.1) is 11.8 Å². The minimum absolute atomic E-state index is 0.834. The molecule has 0 N–H and O–H groups in total. The topological polar surface area (TPSA) is 0 Å². The smallest absolute Gasteiger partial charge is 0.0819 e. The van der Waals surface area contributed by atoms with Crippen molar-refractivity contribution in [2.75, 3.05) is 5.75 Å². The van der Waals surface area contributed by atoms with Gasteiger partial charge in [-0.3, -0.25) is 0 Å². The Morgan fingerprint density at radius 3 is 2.69 bits per heavy atom. The van der Waals surface area contributed by atoms with E-state index in [1.54, 1.807) is 11.8 Å². The molecule has 1 rings (SSSR count). The quantitative estimate of drug-likeness (QED) is 0.725. The van der Waals surface area contributed by atoms with Gasteiger partial charge in [0, 0.05) is 5.75 Å². The Hall–Kier alpha value is -0.250. The molecule has 0 aromatic heterocycles. The monoisotopic (exact) mass is 270 g/mol. The molecule has 0 aliphatic heterocycles. The number of benzene rings is 1. The van der Waals surface area contributed by atoms with Crippen LogP contribution in [0.15, 0.2) is 30.8 Å². The molecule has 0 aliphatic carbocycles. The van der Waals surface area contributed by atoms with E-state index in [0.29, 0.717) is 0 Å². The number of thiocarbonyl (C=S) groups is 1. The Morgan fingerprint density at radius 1 is 1.44 bits per heavy atom. The highest BCUT2D eigenvalue weighted by atomic mass is 32.2. The standard InChI is InChI=1S/C13H18S3/c1-3-9-15-13(14)16-10-12-7-5-11(4-2)6-8-12/h4-8H,2-3,9-10,15H2,1H3. The van der Waals surface area contributed by atoms with Crippen molar-refractivity contribution in [1.82, 2.24) is 0 Å². The van der Waals surface area contributed by atoms with Gasteiger partial charge in [-0.1, -0.05) is 56.1 Å². The summed E-state index contributed by atoms with van der Waals surface area (Å²) in [5, 5.41) is 0. The highest BCUT2D eigenvalue weighted by Gasteiger charge is 1.97. The van der Waals surface area contributed by atoms with E-state index in [4.69, 9.17) is 12.2 Å². The van der Waals surface area contributed by atoms with Crippen LogP contribution in [0.3, 0.4) is 0 Å². The summed E-state index contributed by atoms with van der Waals surface area (Å²) in [5.41, 5.74) is 2.50. The minimum Gasteiger partial charge on any atom is -0.224 e. The molecule has 0 fully saturated rings. The molecule has 0 aliphatic rings. The largest absolute Gasteiger partial charge is 0.224 e. The van der Waals surface area contributed by atoms with E-state index in [0.717, 1.165) is 21.0 Å². The summed E-state index contributed by atoms with van der Waals surface area (Å²) in [6.45, 7) is 5.95. The van der Waals surface area contributed by atoms with Crippen molar-refractivity contribution in [3.05, 3.63) is 42.0 Å². The van der Waals surface area contributed by atoms with E-state index in [-0.39, 0.29) is 0 Å². The Labute approximate surface area is 112 Å². The number of thioether (sulfide) groups is 1. The molecular formula is C13H18S3. The van der Waals surface area contributed by atoms with Gasteiger partial charge >= 0.3 is 0 Å². The zero-order valence-corrected chi connectivity index (χ0v) is 12.2. The first kappa shape index (κ1) is 13.8. The molecule has 0 amide bonds. The van der Waals surface area contributed by atoms with Gasteiger partial charge < -0.3 is 0 Å². The van der Waals surface area contributed by atoms with Gasteiger partial charge in [0.2, 0.25) is 0 Å². The van der Waals surface area contributed by atoms with Crippen LogP contribution in [0.4, 0.5) is 0 Å². The van der Waals surface area contributed by atoms with Gasteiger partial charge in [0.1, 0.15) is 0 Å². The lowest BCUT2D eigenvalue weighted by Gasteiger charge is -2.05. The highest BCUT2D eigenvalue weighted by molar-refractivity contribution is 8.46. The number of hydrogen-bond acceptors (Lipinski definition) is 2. The molecule has 0 saturated heterocycles. The fourth-order valence-electron chi connectivity index (χ4n) is 1.18. The molecular weight excluding hydrogens is 252 g/mol. The summed E-state index contributed by atoms with van der Waals surface area (Å²) in [6, 6.07) is 8.49. The van der Waals surface area contributed by atoms with Crippen molar-refractivity contribution in [2.24, 2.45) is 0 Å². The van der Waals surface area contributed by atoms with Crippen LogP contribution in [0.2, 0.25) is 0 Å². The predicted molar refractivity (Wildman–Crippen MR) is 86.0 cm³/mol. The van der Waals surface area contributed by atoms with Crippen LogP contribution >= 0.6 is 35.7 Å². The van der Waals surface area contributed by atoms with Gasteiger partial charge in [-0.2, -0.15) is 0 Å². The number of rotatable bonds is 5. The molecule has 1 aromatic carbocycles. The Morgan fingerprint density at radius 2 is 2.12 bits per heavy atom. The molecule has 0 saturated carbocycles. The number of hydrogen-bond donors (Lipinski definition) is 0. The second kappa shape index (κ2) is 7.93. The van der Waals surface area contributed by atoms with E-state index < -0.39 is 0 Å². The Bertz CT molecular complexity index is 341. The minimum atomic E-state index is 0.834. The summed E-state index contributed by atoms with van der Waals surface area (Å²) < 4.78 is 1.16. The first-order valence-electron chi connectivity index (χ1n) is 5.38. The summed E-state index contributed by atoms with van der Waals surface area (Å²) in [5.74, 6) is 2.23. The molecule has 0 radical (unpaired) electrons. The van der Waals surface area contributed by atoms with E-state index in [9.17, 15) is 0 Å². The lowest BCUT2D eigenvalue weighted by atomic mass is 10.1. The van der Waals surface area contributed by atoms with Crippen LogP contribution in [0.1, 0.15) is 24.5 Å². The first-order chi connectivity index (χ1) is 7.76. The van der Waals surface area contributed by atoms with Gasteiger partial charge in [0.05, 0.1) is 3.53 Å². The molecule has 0 bridgehead atoms. The zero-order valence-electron chi connectivity index (χ0n) is 9.53. The fraction of sp³-hybridized carbons (Fsp3) is 0.308. The zero-order chi connectivity index (χ0) is 11.8. The predicted octanol–water partition coefficient (Wildman–Crippen LogP) is 4.46. The average Bonchev–Trinajstić information content (AvgIpc) is 2.34. The second-order valence-electron chi connectivity index (χ2n) is 3.45. The van der Waals surface area contributed by atoms with E-state index >= 15 is 0 Å². The fourth-order valence-corrected chi connectivity index (χ4v) is 3.54. The Kier molecular flexibility index (Phi) is 6.85. The molecule has 0 nitrogen and oxygen atoms in total. The van der Waals surface area contributed by atoms with Crippen LogP contribution < -0.4 is 0 Å². The summed E-state index contributed by atoms with van der Waals surface area (Å²) in [7, 11) is 0. The lowest BCUT2D eigenvalue weighted by Crippen LogP contribution is -1.86. The molecule has 0 atom stereocenters. The maximum Gasteiger partial charge on any atom is 0.0819 e. The molecule has 1 aromatic rings. The summed E-state index contributed by atoms with van der Waals surface area (Å²) in [4.78, 5) is 0. The van der Waals surface area contributed by atoms with E-state index in [2.05, 4.69) is 37.8 Å². The van der Waals surface area contributed by atoms with Crippen molar-refractivity contribution in [3.8, 4) is 0 Å². The summed E-state index contributed by atoms with van der Waals surface area (Å²) >= 11 is 7.96. The molecule has 0 spiro atoms. The van der Waals surface area contributed by atoms with Gasteiger partial charge in [-0.25, -0.2) is 11.8 Å². The average molecular weight is 270 g/mol. The van der Waals surface area contributed by atoms with Crippen molar-refractivity contribution in [3.63, 3.8) is 0 Å². The van der Waals surface area contributed by atoms with Crippen molar-refractivity contribution in [1.29, 1.82) is 0 Å². The third kappa shape index (κ3) is 5.19. The van der Waals surface area contributed by atoms with Crippen LogP contribution in [0.25, 0.3) is 6.08 Å². The van der Waals surface area contributed by atoms with Crippen molar-refractivity contribution >= 4 is 45.3 Å². The van der Waals surface area contributed by atoms with Crippen LogP contribution in [-0.4, -0.2) is 9.28 Å². The van der Waals surface area contributed by atoms with E-state index in [1.807, 2.05) is 6.08 Å². The van der Waals surface area contributed by atoms with E-state index in [1.165, 1.54) is 23.3 Å². The molecule has 0 heterocycles. The molecule has 16 heavy (non-hydrogen) atoms. The second-order valence-corrected chi connectivity index (χ2v) is 7.18. The maximum atomic E-state index is 5.33. The lowest BCUT2D eigenvalue weighted by molar-refractivity contribution is 1.11. The van der Waals surface area contributed by atoms with Crippen LogP contribution in [0.5, 0.6) is 0 Å². The van der Waals surface area contributed by atoms with Crippen LogP contribution in [0, 0.1) is 0 Å². The Balaban J connectivity index is 2.36. The van der Waals surface area contributed by atoms with Gasteiger partial charge in [0.25, 0.3) is 0 Å². The highest BCUT2D eigenvalue weighted by Crippen LogP contribution is 2.22. The third-order valence-electron chi connectivity index (χ3n) is 2.10. The van der Waals surface area contributed by atoms with Crippen molar-refractivity contribution < 1.29 is 0 Å². The van der Waals surface area contributed by atoms with Gasteiger partial charge in [0.15, 0.2) is 0 Å².